The molecule has 0 radical (unpaired) electrons. The maximum absolute atomic E-state index is 12.7. The van der Waals surface area contributed by atoms with Crippen LogP contribution >= 0.6 is 11.3 Å². The van der Waals surface area contributed by atoms with E-state index in [1.807, 2.05) is 11.3 Å². The van der Waals surface area contributed by atoms with Gasteiger partial charge in [-0.1, -0.05) is 71.6 Å². The number of thiophene rings is 1. The van der Waals surface area contributed by atoms with Crippen molar-refractivity contribution in [3.8, 4) is 5.75 Å². The smallest absolute Gasteiger partial charge is 0.199 e. The van der Waals surface area contributed by atoms with E-state index >= 15 is 0 Å². The summed E-state index contributed by atoms with van der Waals surface area (Å²) in [6, 6.07) is 12.9. The predicted molar refractivity (Wildman–Crippen MR) is 189 cm³/mol. The van der Waals surface area contributed by atoms with E-state index in [0.717, 1.165) is 69.1 Å². The molecule has 1 unspecified atom stereocenters. The highest BCUT2D eigenvalue weighted by Crippen LogP contribution is 2.45. The predicted octanol–water partition coefficient (Wildman–Crippen LogP) is 9.41. The molecule has 46 heavy (non-hydrogen) atoms. The van der Waals surface area contributed by atoms with E-state index in [0.29, 0.717) is 38.6 Å². The van der Waals surface area contributed by atoms with Crippen LogP contribution in [0.1, 0.15) is 113 Å². The Kier molecular flexibility index (Phi) is 14.8. The van der Waals surface area contributed by atoms with Crippen molar-refractivity contribution < 1.29 is 28.8 Å². The van der Waals surface area contributed by atoms with Crippen molar-refractivity contribution in [2.45, 2.75) is 130 Å². The second kappa shape index (κ2) is 18.5. The molecule has 4 rings (SSSR count). The fourth-order valence-electron chi connectivity index (χ4n) is 6.10. The van der Waals surface area contributed by atoms with Gasteiger partial charge in [0.25, 0.3) is 0 Å². The maximum Gasteiger partial charge on any atom is 0.199 e. The van der Waals surface area contributed by atoms with Gasteiger partial charge < -0.3 is 28.8 Å². The average molecular weight is 655 g/mol. The zero-order chi connectivity index (χ0) is 32.9. The van der Waals surface area contributed by atoms with Gasteiger partial charge in [-0.3, -0.25) is 0 Å². The van der Waals surface area contributed by atoms with Crippen LogP contribution in [-0.2, 0) is 31.2 Å². The zero-order valence-corrected chi connectivity index (χ0v) is 30.0. The van der Waals surface area contributed by atoms with Crippen molar-refractivity contribution in [3.05, 3.63) is 63.5 Å². The van der Waals surface area contributed by atoms with Gasteiger partial charge >= 0.3 is 0 Å². The fourth-order valence-corrected chi connectivity index (χ4v) is 7.19. The summed E-state index contributed by atoms with van der Waals surface area (Å²) in [7, 11) is 0. The van der Waals surface area contributed by atoms with Crippen molar-refractivity contribution >= 4 is 21.4 Å². The number of fused-ring (bicyclic) bond motifs is 1. The van der Waals surface area contributed by atoms with Gasteiger partial charge in [-0.2, -0.15) is 0 Å². The summed E-state index contributed by atoms with van der Waals surface area (Å²) < 4.78 is 33.7. The van der Waals surface area contributed by atoms with Gasteiger partial charge in [0.05, 0.1) is 24.9 Å². The van der Waals surface area contributed by atoms with Crippen molar-refractivity contribution in [1.29, 1.82) is 0 Å². The first-order valence-electron chi connectivity index (χ1n) is 17.8. The topological polar surface area (TPSA) is 66.4 Å². The van der Waals surface area contributed by atoms with E-state index in [-0.39, 0.29) is 18.6 Å². The second-order valence-corrected chi connectivity index (χ2v) is 14.0. The van der Waals surface area contributed by atoms with Crippen LogP contribution < -0.4 is 4.74 Å². The largest absolute Gasteiger partial charge is 0.493 e. The van der Waals surface area contributed by atoms with Gasteiger partial charge in [0.2, 0.25) is 0 Å². The van der Waals surface area contributed by atoms with Gasteiger partial charge in [0.15, 0.2) is 5.79 Å². The van der Waals surface area contributed by atoms with E-state index in [4.69, 9.17) is 23.7 Å². The van der Waals surface area contributed by atoms with Gasteiger partial charge in [0.1, 0.15) is 18.0 Å². The molecule has 1 fully saturated rings. The molecule has 1 aliphatic heterocycles. The minimum absolute atomic E-state index is 0.258. The number of hydrogen-bond donors (Lipinski definition) is 1. The van der Waals surface area contributed by atoms with Crippen molar-refractivity contribution in [3.63, 3.8) is 0 Å². The summed E-state index contributed by atoms with van der Waals surface area (Å²) in [5.74, 6) is -0.910. The highest BCUT2D eigenvalue weighted by molar-refractivity contribution is 7.19. The lowest BCUT2D eigenvalue weighted by molar-refractivity contribution is -0.326. The van der Waals surface area contributed by atoms with Crippen molar-refractivity contribution in [2.24, 2.45) is 0 Å². The van der Waals surface area contributed by atoms with Gasteiger partial charge in [0, 0.05) is 42.2 Å². The van der Waals surface area contributed by atoms with Gasteiger partial charge in [-0.15, -0.1) is 11.3 Å². The molecule has 256 valence electrons. The Bertz CT molecular complexity index is 1300. The van der Waals surface area contributed by atoms with Crippen molar-refractivity contribution in [1.82, 2.24) is 0 Å². The third kappa shape index (κ3) is 9.55. The van der Waals surface area contributed by atoms with Crippen LogP contribution in [0.2, 0.25) is 0 Å². The molecule has 3 aromatic rings. The van der Waals surface area contributed by atoms with E-state index in [2.05, 4.69) is 77.9 Å². The van der Waals surface area contributed by atoms with Crippen LogP contribution in [0.3, 0.4) is 0 Å². The molecule has 2 heterocycles. The number of unbranched alkanes of at least 4 members (excludes halogenated alkanes) is 4. The van der Waals surface area contributed by atoms with E-state index in [1.54, 1.807) is 0 Å². The first-order chi connectivity index (χ1) is 22.3. The summed E-state index contributed by atoms with van der Waals surface area (Å²) in [5.41, 5.74) is 4.07. The molecule has 1 saturated heterocycles. The third-order valence-electron chi connectivity index (χ3n) is 9.07. The Labute approximate surface area is 281 Å². The molecule has 0 spiro atoms. The van der Waals surface area contributed by atoms with Crippen LogP contribution in [-0.4, -0.2) is 56.5 Å². The molecule has 1 N–H and O–H groups in total. The number of benzene rings is 2. The Morgan fingerprint density at radius 1 is 0.848 bits per heavy atom. The van der Waals surface area contributed by atoms with Crippen LogP contribution in [0.4, 0.5) is 0 Å². The monoisotopic (exact) mass is 654 g/mol. The maximum atomic E-state index is 12.7. The Hall–Kier alpha value is -2.00. The van der Waals surface area contributed by atoms with Crippen LogP contribution in [0.15, 0.2) is 36.4 Å². The molecule has 0 bridgehead atoms. The first-order valence-corrected chi connectivity index (χ1v) is 18.6. The zero-order valence-electron chi connectivity index (χ0n) is 29.2. The summed E-state index contributed by atoms with van der Waals surface area (Å²) in [5, 5.41) is 14.0. The quantitative estimate of drug-likeness (QED) is 0.123. The molecule has 0 saturated carbocycles. The van der Waals surface area contributed by atoms with Crippen LogP contribution in [0.5, 0.6) is 5.75 Å². The molecule has 4 atom stereocenters. The fraction of sp³-hybridized carbons (Fsp3) is 0.641. The normalized spacial score (nSPS) is 21.7. The molecule has 0 amide bonds. The standard InChI is InChI=1S/C39H58O6S/c1-7-11-19-41-27-35-38(44-22-14-10-4)34(42-20-12-8-2)26-39(40,45-35)33-25-31(28(5)29(6)37(33)43-21-13-9-3)24-32-23-30-17-15-16-18-36(30)46-32/h15-18,23,25,34-35,38,40H,7-14,19-22,24,26-27H2,1-6H3/t34-,35-,38+,39?/m1/s1. The number of rotatable bonds is 20. The number of hydrogen-bond acceptors (Lipinski definition) is 7. The molecule has 7 heteroatoms. The lowest BCUT2D eigenvalue weighted by Crippen LogP contribution is -2.57. The Balaban J connectivity index is 1.75. The van der Waals surface area contributed by atoms with E-state index < -0.39 is 11.9 Å². The van der Waals surface area contributed by atoms with E-state index in [1.165, 1.54) is 26.1 Å². The third-order valence-corrected chi connectivity index (χ3v) is 10.2. The first kappa shape index (κ1) is 36.8. The molecular formula is C39H58O6S. The summed E-state index contributed by atoms with van der Waals surface area (Å²) in [6.07, 6.45) is 7.83. The highest BCUT2D eigenvalue weighted by atomic mass is 32.1. The van der Waals surface area contributed by atoms with Crippen LogP contribution in [0, 0.1) is 13.8 Å². The van der Waals surface area contributed by atoms with E-state index in [9.17, 15) is 5.11 Å². The summed E-state index contributed by atoms with van der Waals surface area (Å²) in [4.78, 5) is 1.29. The average Bonchev–Trinajstić information content (AvgIpc) is 3.46. The molecular weight excluding hydrogens is 596 g/mol. The second-order valence-electron chi connectivity index (χ2n) is 12.8. The highest BCUT2D eigenvalue weighted by Gasteiger charge is 2.50. The molecule has 1 aliphatic rings. The minimum atomic E-state index is -1.63. The molecule has 1 aromatic heterocycles. The van der Waals surface area contributed by atoms with Crippen LogP contribution in [0.25, 0.3) is 10.1 Å². The lowest BCUT2D eigenvalue weighted by atomic mass is 9.86. The molecule has 0 aliphatic carbocycles. The minimum Gasteiger partial charge on any atom is -0.493 e. The van der Waals surface area contributed by atoms with Gasteiger partial charge in [-0.05, 0) is 79.8 Å². The molecule has 6 nitrogen and oxygen atoms in total. The Morgan fingerprint density at radius 3 is 2.24 bits per heavy atom. The lowest BCUT2D eigenvalue weighted by Gasteiger charge is -2.46. The Morgan fingerprint density at radius 2 is 1.52 bits per heavy atom. The molecule has 2 aromatic carbocycles. The summed E-state index contributed by atoms with van der Waals surface area (Å²) in [6.45, 7) is 15.7. The number of aliphatic hydroxyl groups is 1. The SMILES string of the molecule is CCCCOC[C@H]1OC(O)(c2cc(Cc3cc4ccccc4s3)c(C)c(C)c2OCCCC)C[C@@H](OCCCC)[C@@H]1OCCCC. The summed E-state index contributed by atoms with van der Waals surface area (Å²) >= 11 is 1.82. The van der Waals surface area contributed by atoms with Crippen molar-refractivity contribution in [2.75, 3.05) is 33.0 Å². The van der Waals surface area contributed by atoms with Gasteiger partial charge in [-0.25, -0.2) is 0 Å². The number of ether oxygens (including phenoxy) is 5.